The van der Waals surface area contributed by atoms with E-state index in [0.717, 1.165) is 5.56 Å². The van der Waals surface area contributed by atoms with E-state index in [4.69, 9.17) is 9.47 Å². The van der Waals surface area contributed by atoms with E-state index in [-0.39, 0.29) is 5.78 Å². The number of carbonyl (C=O) groups is 3. The van der Waals surface area contributed by atoms with Crippen molar-refractivity contribution in [1.82, 2.24) is 0 Å². The van der Waals surface area contributed by atoms with E-state index in [1.807, 2.05) is 6.07 Å². The molecule has 1 fully saturated rings. The number of rotatable bonds is 5. The van der Waals surface area contributed by atoms with Gasteiger partial charge in [-0.1, -0.05) is 60.7 Å². The predicted molar refractivity (Wildman–Crippen MR) is 89.9 cm³/mol. The molecule has 0 radical (unpaired) electrons. The van der Waals surface area contributed by atoms with Crippen LogP contribution in [0.1, 0.15) is 21.8 Å². The van der Waals surface area contributed by atoms with Crippen molar-refractivity contribution in [3.8, 4) is 0 Å². The van der Waals surface area contributed by atoms with Crippen LogP contribution in [0.25, 0.3) is 0 Å². The van der Waals surface area contributed by atoms with Gasteiger partial charge in [-0.2, -0.15) is 0 Å². The zero-order valence-electron chi connectivity index (χ0n) is 14.0. The molecular weight excluding hydrogens is 320 g/mol. The van der Waals surface area contributed by atoms with Crippen molar-refractivity contribution < 1.29 is 23.9 Å². The summed E-state index contributed by atoms with van der Waals surface area (Å²) in [6.07, 6.45) is 0. The van der Waals surface area contributed by atoms with E-state index in [2.05, 4.69) is 0 Å². The molecule has 1 saturated carbocycles. The Balaban J connectivity index is 2.11. The zero-order valence-corrected chi connectivity index (χ0v) is 14.0. The molecule has 0 unspecified atom stereocenters. The minimum atomic E-state index is -1.64. The van der Waals surface area contributed by atoms with Crippen LogP contribution in [0, 0.1) is 11.3 Å². The van der Waals surface area contributed by atoms with Gasteiger partial charge in [-0.05, 0) is 5.56 Å². The second-order valence-corrected chi connectivity index (χ2v) is 5.95. The molecule has 0 bridgehead atoms. The molecule has 2 atom stereocenters. The molecule has 0 spiro atoms. The highest BCUT2D eigenvalue weighted by atomic mass is 16.5. The highest BCUT2D eigenvalue weighted by Gasteiger charge is 2.79. The zero-order chi connectivity index (χ0) is 18.0. The molecule has 5 heteroatoms. The fraction of sp³-hybridized carbons (Fsp3) is 0.250. The SMILES string of the molecule is COC(=O)C1(C(=O)OC)[C@H](C(=O)c2ccccc2)[C@@H]1c1ccccc1. The summed E-state index contributed by atoms with van der Waals surface area (Å²) in [6, 6.07) is 17.6. The van der Waals surface area contributed by atoms with Gasteiger partial charge < -0.3 is 9.47 Å². The monoisotopic (exact) mass is 338 g/mol. The summed E-state index contributed by atoms with van der Waals surface area (Å²) in [6.45, 7) is 0. The number of benzene rings is 2. The first kappa shape index (κ1) is 16.9. The van der Waals surface area contributed by atoms with E-state index >= 15 is 0 Å². The van der Waals surface area contributed by atoms with Crippen LogP contribution in [0.3, 0.4) is 0 Å². The fourth-order valence-corrected chi connectivity index (χ4v) is 3.57. The predicted octanol–water partition coefficient (Wildman–Crippen LogP) is 2.62. The van der Waals surface area contributed by atoms with E-state index < -0.39 is 29.2 Å². The lowest BCUT2D eigenvalue weighted by Gasteiger charge is -2.13. The number of carbonyl (C=O) groups excluding carboxylic acids is 3. The van der Waals surface area contributed by atoms with Crippen molar-refractivity contribution in [2.45, 2.75) is 5.92 Å². The van der Waals surface area contributed by atoms with Gasteiger partial charge in [0, 0.05) is 11.5 Å². The highest BCUT2D eigenvalue weighted by molar-refractivity contribution is 6.16. The van der Waals surface area contributed by atoms with Gasteiger partial charge in [0.1, 0.15) is 0 Å². The van der Waals surface area contributed by atoms with Crippen LogP contribution in [0.4, 0.5) is 0 Å². The van der Waals surface area contributed by atoms with Crippen LogP contribution in [-0.2, 0) is 19.1 Å². The molecule has 3 rings (SSSR count). The maximum Gasteiger partial charge on any atom is 0.324 e. The molecule has 0 amide bonds. The van der Waals surface area contributed by atoms with Gasteiger partial charge in [0.2, 0.25) is 0 Å². The quantitative estimate of drug-likeness (QED) is 0.476. The molecule has 0 N–H and O–H groups in total. The average molecular weight is 338 g/mol. The Hall–Kier alpha value is -2.95. The van der Waals surface area contributed by atoms with E-state index in [9.17, 15) is 14.4 Å². The second-order valence-electron chi connectivity index (χ2n) is 5.95. The first-order chi connectivity index (χ1) is 12.1. The van der Waals surface area contributed by atoms with Gasteiger partial charge >= 0.3 is 11.9 Å². The lowest BCUT2D eigenvalue weighted by atomic mass is 9.97. The largest absolute Gasteiger partial charge is 0.468 e. The van der Waals surface area contributed by atoms with Crippen molar-refractivity contribution in [3.05, 3.63) is 71.8 Å². The van der Waals surface area contributed by atoms with E-state index in [1.165, 1.54) is 14.2 Å². The number of hydrogen-bond acceptors (Lipinski definition) is 5. The summed E-state index contributed by atoms with van der Waals surface area (Å²) in [5.74, 6) is -3.23. The summed E-state index contributed by atoms with van der Waals surface area (Å²) in [5, 5.41) is 0. The van der Waals surface area contributed by atoms with Crippen LogP contribution in [0.15, 0.2) is 60.7 Å². The summed E-state index contributed by atoms with van der Waals surface area (Å²) >= 11 is 0. The third kappa shape index (κ3) is 2.52. The third-order valence-electron chi connectivity index (χ3n) is 4.75. The summed E-state index contributed by atoms with van der Waals surface area (Å²) in [5.41, 5.74) is -0.465. The molecule has 0 aliphatic heterocycles. The van der Waals surface area contributed by atoms with Crippen molar-refractivity contribution in [1.29, 1.82) is 0 Å². The standard InChI is InChI=1S/C20H18O5/c1-24-18(22)20(19(23)25-2)15(13-9-5-3-6-10-13)16(20)17(21)14-11-7-4-8-12-14/h3-12,15-16H,1-2H3/t15-,16-/m0/s1. The lowest BCUT2D eigenvalue weighted by molar-refractivity contribution is -0.162. The molecule has 1 aliphatic carbocycles. The Morgan fingerprint density at radius 3 is 1.76 bits per heavy atom. The molecule has 0 saturated heterocycles. The number of esters is 2. The Morgan fingerprint density at radius 2 is 1.28 bits per heavy atom. The number of ketones is 1. The smallest absolute Gasteiger partial charge is 0.324 e. The van der Waals surface area contributed by atoms with Gasteiger partial charge in [-0.3, -0.25) is 14.4 Å². The van der Waals surface area contributed by atoms with Crippen molar-refractivity contribution in [2.75, 3.05) is 14.2 Å². The van der Waals surface area contributed by atoms with Crippen molar-refractivity contribution in [3.63, 3.8) is 0 Å². The van der Waals surface area contributed by atoms with E-state index in [0.29, 0.717) is 5.56 Å². The molecule has 1 aliphatic rings. The van der Waals surface area contributed by atoms with Crippen LogP contribution in [0.2, 0.25) is 0 Å². The summed E-state index contributed by atoms with van der Waals surface area (Å²) < 4.78 is 9.75. The number of ether oxygens (including phenoxy) is 2. The molecule has 0 heterocycles. The summed E-state index contributed by atoms with van der Waals surface area (Å²) in [7, 11) is 2.41. The summed E-state index contributed by atoms with van der Waals surface area (Å²) in [4.78, 5) is 38.1. The lowest BCUT2D eigenvalue weighted by Crippen LogP contribution is -2.33. The van der Waals surface area contributed by atoms with Gasteiger partial charge in [0.15, 0.2) is 11.2 Å². The molecule has 0 aromatic heterocycles. The Bertz CT molecular complexity index is 781. The fourth-order valence-electron chi connectivity index (χ4n) is 3.57. The Labute approximate surface area is 145 Å². The first-order valence-corrected chi connectivity index (χ1v) is 7.90. The first-order valence-electron chi connectivity index (χ1n) is 7.90. The third-order valence-corrected chi connectivity index (χ3v) is 4.75. The van der Waals surface area contributed by atoms with Gasteiger partial charge in [0.25, 0.3) is 0 Å². The van der Waals surface area contributed by atoms with Crippen molar-refractivity contribution in [2.24, 2.45) is 11.3 Å². The molecule has 5 nitrogen and oxygen atoms in total. The maximum atomic E-state index is 13.0. The number of hydrogen-bond donors (Lipinski definition) is 0. The minimum Gasteiger partial charge on any atom is -0.468 e. The molecule has 2 aromatic rings. The van der Waals surface area contributed by atoms with E-state index in [1.54, 1.807) is 54.6 Å². The minimum absolute atomic E-state index is 0.273. The van der Waals surface area contributed by atoms with Crippen LogP contribution in [-0.4, -0.2) is 31.9 Å². The normalized spacial score (nSPS) is 20.4. The molecule has 128 valence electrons. The molecule has 2 aromatic carbocycles. The molecule has 25 heavy (non-hydrogen) atoms. The van der Waals surface area contributed by atoms with Gasteiger partial charge in [-0.15, -0.1) is 0 Å². The van der Waals surface area contributed by atoms with Crippen LogP contribution in [0.5, 0.6) is 0 Å². The average Bonchev–Trinajstić information content (AvgIpc) is 3.38. The van der Waals surface area contributed by atoms with Gasteiger partial charge in [0.05, 0.1) is 20.1 Å². The Morgan fingerprint density at radius 1 is 0.800 bits per heavy atom. The van der Waals surface area contributed by atoms with Gasteiger partial charge in [-0.25, -0.2) is 0 Å². The van der Waals surface area contributed by atoms with Crippen LogP contribution < -0.4 is 0 Å². The second kappa shape index (κ2) is 6.51. The van der Waals surface area contributed by atoms with Crippen molar-refractivity contribution >= 4 is 17.7 Å². The topological polar surface area (TPSA) is 69.7 Å². The number of Topliss-reactive ketones (excluding diaryl/α,β-unsaturated/α-hetero) is 1. The maximum absolute atomic E-state index is 13.0. The Kier molecular flexibility index (Phi) is 4.40. The highest BCUT2D eigenvalue weighted by Crippen LogP contribution is 2.67. The number of methoxy groups -OCH3 is 2. The molecular formula is C20H18O5. The van der Waals surface area contributed by atoms with Crippen LogP contribution >= 0.6 is 0 Å².